The van der Waals surface area contributed by atoms with Crippen LogP contribution in [0.25, 0.3) is 11.1 Å². The van der Waals surface area contributed by atoms with E-state index in [-0.39, 0.29) is 29.7 Å². The van der Waals surface area contributed by atoms with Crippen LogP contribution in [-0.2, 0) is 16.0 Å². The standard InChI is InChI=1S/C29H32N4O8/c1-32(2)17-10-14(12-6-7-18(41-5)31-11-12)23(34)20-15(17)8-13-9-16-22(33(3)4)25(36)21(28(30)39)27(38)29(16,40)26(37)19(13)24(20)35/h6-7,10-11,13,16,22,34,36-37,40H,8-9H2,1-5H3,(H2,30,39). The molecular weight excluding hydrogens is 532 g/mol. The Morgan fingerprint density at radius 2 is 1.83 bits per heavy atom. The number of aromatic hydroxyl groups is 1. The van der Waals surface area contributed by atoms with E-state index in [2.05, 4.69) is 4.98 Å². The van der Waals surface area contributed by atoms with Crippen LogP contribution in [0.4, 0.5) is 5.69 Å². The summed E-state index contributed by atoms with van der Waals surface area (Å²) in [4.78, 5) is 47.3. The Hall–Kier alpha value is -4.42. The first-order chi connectivity index (χ1) is 19.2. The van der Waals surface area contributed by atoms with Crippen molar-refractivity contribution in [2.45, 2.75) is 24.5 Å². The molecule has 4 atom stereocenters. The summed E-state index contributed by atoms with van der Waals surface area (Å²) < 4.78 is 5.12. The van der Waals surface area contributed by atoms with E-state index >= 15 is 0 Å². The van der Waals surface area contributed by atoms with E-state index < -0.39 is 58.0 Å². The first-order valence-corrected chi connectivity index (χ1v) is 13.0. The van der Waals surface area contributed by atoms with Crippen LogP contribution in [0, 0.1) is 11.8 Å². The zero-order chi connectivity index (χ0) is 30.1. The molecule has 2 aromatic rings. The van der Waals surface area contributed by atoms with E-state index in [0.29, 0.717) is 28.3 Å². The number of fused-ring (bicyclic) bond motifs is 3. The number of likely N-dealkylation sites (N-methyl/N-ethyl adjacent to an activating group) is 1. The Kier molecular flexibility index (Phi) is 6.58. The molecule has 1 aromatic carbocycles. The maximum atomic E-state index is 14.1. The number of aliphatic hydroxyl groups is 3. The van der Waals surface area contributed by atoms with Gasteiger partial charge in [0.05, 0.1) is 18.7 Å². The molecule has 1 heterocycles. The number of nitrogens with zero attached hydrogens (tertiary/aromatic N) is 3. The minimum Gasteiger partial charge on any atom is -0.510 e. The molecule has 1 amide bonds. The van der Waals surface area contributed by atoms with Crippen molar-refractivity contribution in [3.63, 3.8) is 0 Å². The van der Waals surface area contributed by atoms with Gasteiger partial charge in [-0.25, -0.2) is 4.98 Å². The Morgan fingerprint density at radius 1 is 1.15 bits per heavy atom. The third-order valence-corrected chi connectivity index (χ3v) is 8.44. The highest BCUT2D eigenvalue weighted by atomic mass is 16.5. The highest BCUT2D eigenvalue weighted by molar-refractivity contribution is 6.25. The smallest absolute Gasteiger partial charge is 0.255 e. The maximum absolute atomic E-state index is 14.1. The van der Waals surface area contributed by atoms with Gasteiger partial charge in [-0.1, -0.05) is 0 Å². The van der Waals surface area contributed by atoms with Crippen molar-refractivity contribution >= 4 is 23.2 Å². The van der Waals surface area contributed by atoms with Crippen LogP contribution >= 0.6 is 0 Å². The third kappa shape index (κ3) is 3.89. The molecular formula is C29H32N4O8. The van der Waals surface area contributed by atoms with Crippen molar-refractivity contribution in [1.82, 2.24) is 9.88 Å². The van der Waals surface area contributed by atoms with Gasteiger partial charge >= 0.3 is 0 Å². The highest BCUT2D eigenvalue weighted by Gasteiger charge is 2.63. The molecule has 0 saturated carbocycles. The number of methoxy groups -OCH3 is 1. The van der Waals surface area contributed by atoms with Gasteiger partial charge in [-0.15, -0.1) is 0 Å². The summed E-state index contributed by atoms with van der Waals surface area (Å²) >= 11 is 0. The predicted molar refractivity (Wildman–Crippen MR) is 148 cm³/mol. The van der Waals surface area contributed by atoms with Gasteiger partial charge in [0.2, 0.25) is 11.7 Å². The summed E-state index contributed by atoms with van der Waals surface area (Å²) in [6.45, 7) is 0. The molecule has 12 heteroatoms. The number of ketones is 2. The summed E-state index contributed by atoms with van der Waals surface area (Å²) in [5, 5.41) is 45.7. The number of primary amides is 1. The number of phenols is 1. The van der Waals surface area contributed by atoms with E-state index in [1.807, 2.05) is 0 Å². The number of aliphatic hydroxyl groups excluding tert-OH is 2. The number of hydrogen-bond donors (Lipinski definition) is 5. The van der Waals surface area contributed by atoms with E-state index in [4.69, 9.17) is 10.5 Å². The van der Waals surface area contributed by atoms with Crippen LogP contribution in [0.5, 0.6) is 11.6 Å². The van der Waals surface area contributed by atoms with Crippen molar-refractivity contribution < 1.29 is 39.5 Å². The zero-order valence-electron chi connectivity index (χ0n) is 23.3. The van der Waals surface area contributed by atoms with Crippen molar-refractivity contribution in [2.75, 3.05) is 40.2 Å². The van der Waals surface area contributed by atoms with E-state index in [9.17, 15) is 34.8 Å². The average Bonchev–Trinajstić information content (AvgIpc) is 2.90. The van der Waals surface area contributed by atoms with Crippen LogP contribution in [0.15, 0.2) is 47.1 Å². The number of anilines is 1. The van der Waals surface area contributed by atoms with Crippen molar-refractivity contribution in [3.05, 3.63) is 58.2 Å². The van der Waals surface area contributed by atoms with Crippen molar-refractivity contribution in [1.29, 1.82) is 0 Å². The summed E-state index contributed by atoms with van der Waals surface area (Å²) in [5.41, 5.74) is 3.59. The number of pyridine rings is 1. The van der Waals surface area contributed by atoms with Gasteiger partial charge in [-0.2, -0.15) is 0 Å². The normalized spacial score (nSPS) is 25.6. The highest BCUT2D eigenvalue weighted by Crippen LogP contribution is 2.54. The molecule has 4 unspecified atom stereocenters. The van der Waals surface area contributed by atoms with Gasteiger partial charge in [0.25, 0.3) is 5.91 Å². The maximum Gasteiger partial charge on any atom is 0.255 e. The second kappa shape index (κ2) is 9.60. The molecule has 12 nitrogen and oxygen atoms in total. The van der Waals surface area contributed by atoms with Crippen molar-refractivity contribution in [2.24, 2.45) is 17.6 Å². The number of carbonyl (C=O) groups excluding carboxylic acids is 3. The van der Waals surface area contributed by atoms with Gasteiger partial charge in [-0.3, -0.25) is 19.3 Å². The lowest BCUT2D eigenvalue weighted by Crippen LogP contribution is -2.63. The molecule has 0 aliphatic heterocycles. The van der Waals surface area contributed by atoms with E-state index in [1.54, 1.807) is 51.3 Å². The van der Waals surface area contributed by atoms with Gasteiger partial charge in [0.1, 0.15) is 22.8 Å². The number of Topliss-reactive ketones (excluding diaryl/α,β-unsaturated/α-hetero) is 2. The second-order valence-electron chi connectivity index (χ2n) is 11.1. The fourth-order valence-electron chi connectivity index (χ4n) is 6.58. The number of benzene rings is 1. The zero-order valence-corrected chi connectivity index (χ0v) is 23.3. The molecule has 6 N–H and O–H groups in total. The first-order valence-electron chi connectivity index (χ1n) is 13.0. The fraction of sp³-hybridized carbons (Fsp3) is 0.379. The summed E-state index contributed by atoms with van der Waals surface area (Å²) in [7, 11) is 8.25. The number of hydrogen-bond acceptors (Lipinski definition) is 11. The molecule has 3 aliphatic carbocycles. The lowest BCUT2D eigenvalue weighted by Gasteiger charge is -2.50. The fourth-order valence-corrected chi connectivity index (χ4v) is 6.58. The summed E-state index contributed by atoms with van der Waals surface area (Å²) in [6.07, 6.45) is 1.70. The van der Waals surface area contributed by atoms with Gasteiger partial charge in [0, 0.05) is 54.7 Å². The van der Waals surface area contributed by atoms with Crippen LogP contribution < -0.4 is 15.4 Å². The molecule has 3 aliphatic rings. The number of aromatic nitrogens is 1. The number of nitrogens with two attached hydrogens (primary N) is 1. The van der Waals surface area contributed by atoms with Crippen LogP contribution in [-0.4, -0.2) is 94.7 Å². The predicted octanol–water partition coefficient (Wildman–Crippen LogP) is 1.26. The Morgan fingerprint density at radius 3 is 2.37 bits per heavy atom. The number of phenolic OH excluding ortho intramolecular Hbond substituents is 1. The van der Waals surface area contributed by atoms with E-state index in [1.165, 1.54) is 18.2 Å². The third-order valence-electron chi connectivity index (χ3n) is 8.44. The first kappa shape index (κ1) is 28.1. The van der Waals surface area contributed by atoms with Crippen LogP contribution in [0.3, 0.4) is 0 Å². The number of rotatable bonds is 5. The monoisotopic (exact) mass is 564 g/mol. The molecule has 0 spiro atoms. The number of allylic oxidation sites excluding steroid dienone is 1. The van der Waals surface area contributed by atoms with Crippen LogP contribution in [0.1, 0.15) is 22.3 Å². The minimum absolute atomic E-state index is 0.0174. The molecule has 1 aromatic heterocycles. The number of ether oxygens (including phenoxy) is 1. The molecule has 216 valence electrons. The van der Waals surface area contributed by atoms with Gasteiger partial charge in [-0.05, 0) is 50.6 Å². The topological polar surface area (TPSA) is 187 Å². The molecule has 0 bridgehead atoms. The Bertz CT molecular complexity index is 1560. The molecule has 0 fully saturated rings. The molecule has 0 radical (unpaired) electrons. The second-order valence-corrected chi connectivity index (χ2v) is 11.1. The number of carbonyl (C=O) groups is 3. The largest absolute Gasteiger partial charge is 0.510 e. The minimum atomic E-state index is -2.69. The lowest BCUT2D eigenvalue weighted by molar-refractivity contribution is -0.148. The quantitative estimate of drug-likeness (QED) is 0.329. The molecule has 41 heavy (non-hydrogen) atoms. The van der Waals surface area contributed by atoms with Gasteiger partial charge in [0.15, 0.2) is 11.4 Å². The summed E-state index contributed by atoms with van der Waals surface area (Å²) in [5.74, 6) is -6.53. The summed E-state index contributed by atoms with van der Waals surface area (Å²) in [6, 6.07) is 3.99. The molecule has 0 saturated heterocycles. The van der Waals surface area contributed by atoms with Crippen LogP contribution in [0.2, 0.25) is 0 Å². The Labute approximate surface area is 236 Å². The SMILES string of the molecule is COc1ccc(-c2cc(N(C)C)c3c(c2O)C(=O)C2=C(O)C4(O)C(=O)C(C(N)=O)=C(O)C(N(C)C)C4CC2C3)cn1. The number of amides is 1. The van der Waals surface area contributed by atoms with E-state index in [0.717, 1.165) is 0 Å². The van der Waals surface area contributed by atoms with Gasteiger partial charge < -0.3 is 35.8 Å². The van der Waals surface area contributed by atoms with Crippen molar-refractivity contribution in [3.8, 4) is 22.8 Å². The molecule has 5 rings (SSSR count). The lowest BCUT2D eigenvalue weighted by atomic mass is 9.58. The average molecular weight is 565 g/mol. The Balaban J connectivity index is 1.74.